The minimum Gasteiger partial charge on any atom is -0.352 e. The minimum atomic E-state index is -3.28. The molecule has 0 aliphatic carbocycles. The molecule has 2 aliphatic heterocycles. The molecule has 0 aromatic heterocycles. The van der Waals surface area contributed by atoms with Gasteiger partial charge in [-0.2, -0.15) is 0 Å². The maximum atomic E-state index is 12.8. The lowest BCUT2D eigenvalue weighted by atomic mass is 9.72. The van der Waals surface area contributed by atoms with E-state index in [1.165, 1.54) is 6.26 Å². The van der Waals surface area contributed by atoms with Crippen molar-refractivity contribution in [2.45, 2.75) is 75.6 Å². The van der Waals surface area contributed by atoms with Gasteiger partial charge in [-0.25, -0.2) is 8.42 Å². The van der Waals surface area contributed by atoms with Gasteiger partial charge in [-0.3, -0.25) is 4.90 Å². The van der Waals surface area contributed by atoms with Crippen LogP contribution in [0.15, 0.2) is 61.2 Å². The maximum absolute atomic E-state index is 12.8. The summed E-state index contributed by atoms with van der Waals surface area (Å²) in [6.45, 7) is 10.2. The molecule has 0 bridgehead atoms. The van der Waals surface area contributed by atoms with Crippen LogP contribution in [-0.4, -0.2) is 43.2 Å². The van der Waals surface area contributed by atoms with E-state index in [0.717, 1.165) is 24.0 Å². The second-order valence-electron chi connectivity index (χ2n) is 10.4. The molecule has 4 nitrogen and oxygen atoms in total. The standard InChI is InChI=1S/C28H35Cl2NO3S/c1-6-15-28(4)17-23(20-9-8-10-22(30)16-20)25(19-11-13-21(29)14-12-19)31(27-26(28)34-27)24(7-2)18(3)35(5,32)33/h6,8-14,16,18,23-27H,1,7,15,17H2,2-5H3/t18-,23+,24-,25+,26?,27?,28-/m0/s1. The van der Waals surface area contributed by atoms with Gasteiger partial charge in [0.2, 0.25) is 0 Å². The first kappa shape index (κ1) is 26.7. The van der Waals surface area contributed by atoms with Crippen LogP contribution in [0.3, 0.4) is 0 Å². The Hall–Kier alpha value is -1.37. The molecular formula is C28H35Cl2NO3S. The molecule has 7 heteroatoms. The van der Waals surface area contributed by atoms with Gasteiger partial charge in [0, 0.05) is 39.7 Å². The Morgan fingerprint density at radius 3 is 2.43 bits per heavy atom. The monoisotopic (exact) mass is 535 g/mol. The van der Waals surface area contributed by atoms with Crippen LogP contribution < -0.4 is 0 Å². The van der Waals surface area contributed by atoms with E-state index in [4.69, 9.17) is 27.9 Å². The Morgan fingerprint density at radius 2 is 1.86 bits per heavy atom. The summed E-state index contributed by atoms with van der Waals surface area (Å²) < 4.78 is 32.0. The average molecular weight is 537 g/mol. The van der Waals surface area contributed by atoms with E-state index in [9.17, 15) is 8.42 Å². The van der Waals surface area contributed by atoms with Crippen LogP contribution in [0.5, 0.6) is 0 Å². The predicted molar refractivity (Wildman–Crippen MR) is 145 cm³/mol. The molecule has 2 unspecified atom stereocenters. The van der Waals surface area contributed by atoms with E-state index in [0.29, 0.717) is 16.5 Å². The smallest absolute Gasteiger partial charge is 0.151 e. The molecule has 2 heterocycles. The van der Waals surface area contributed by atoms with Gasteiger partial charge in [0.1, 0.15) is 12.3 Å². The highest BCUT2D eigenvalue weighted by atomic mass is 35.5. The number of fused-ring (bicyclic) bond motifs is 1. The van der Waals surface area contributed by atoms with Crippen molar-refractivity contribution >= 4 is 33.0 Å². The Kier molecular flexibility index (Phi) is 7.76. The van der Waals surface area contributed by atoms with E-state index < -0.39 is 15.1 Å². The largest absolute Gasteiger partial charge is 0.352 e. The Bertz CT molecular complexity index is 1170. The minimum absolute atomic E-state index is 0.000273. The molecule has 0 spiro atoms. The van der Waals surface area contributed by atoms with E-state index in [2.05, 4.69) is 43.5 Å². The second-order valence-corrected chi connectivity index (χ2v) is 13.7. The SMILES string of the molecule is C=CC[C@@]1(C)C[C@H](c2cccc(Cl)c2)[C@@H](c2ccc(Cl)cc2)N([C@@H](CC)[C@H](C)S(C)(=O)=O)C2OC21. The van der Waals surface area contributed by atoms with Crippen molar-refractivity contribution in [1.82, 2.24) is 4.90 Å². The highest BCUT2D eigenvalue weighted by Crippen LogP contribution is 2.58. The lowest BCUT2D eigenvalue weighted by Crippen LogP contribution is -2.49. The quantitative estimate of drug-likeness (QED) is 0.268. The fourth-order valence-electron chi connectivity index (χ4n) is 6.03. The Balaban J connectivity index is 1.94. The van der Waals surface area contributed by atoms with Gasteiger partial charge >= 0.3 is 0 Å². The molecular weight excluding hydrogens is 501 g/mol. The van der Waals surface area contributed by atoms with Crippen molar-refractivity contribution in [3.8, 4) is 0 Å². The molecule has 0 N–H and O–H groups in total. The fourth-order valence-corrected chi connectivity index (χ4v) is 7.26. The number of likely N-dealkylation sites (tertiary alicyclic amines) is 1. The predicted octanol–water partition coefficient (Wildman–Crippen LogP) is 7.04. The number of nitrogens with zero attached hydrogens (tertiary/aromatic N) is 1. The highest BCUT2D eigenvalue weighted by molar-refractivity contribution is 7.91. The van der Waals surface area contributed by atoms with E-state index in [1.54, 1.807) is 0 Å². The van der Waals surface area contributed by atoms with Crippen LogP contribution in [0.1, 0.15) is 63.1 Å². The van der Waals surface area contributed by atoms with Crippen molar-refractivity contribution in [1.29, 1.82) is 0 Å². The molecule has 0 saturated carbocycles. The zero-order valence-corrected chi connectivity index (χ0v) is 23.2. The van der Waals surface area contributed by atoms with Crippen molar-refractivity contribution in [3.05, 3.63) is 82.4 Å². The first-order valence-electron chi connectivity index (χ1n) is 12.2. The topological polar surface area (TPSA) is 49.9 Å². The van der Waals surface area contributed by atoms with Gasteiger partial charge < -0.3 is 4.74 Å². The summed E-state index contributed by atoms with van der Waals surface area (Å²) >= 11 is 12.7. The summed E-state index contributed by atoms with van der Waals surface area (Å²) in [4.78, 5) is 2.35. The van der Waals surface area contributed by atoms with Gasteiger partial charge in [-0.05, 0) is 61.6 Å². The number of halogens is 2. The summed E-state index contributed by atoms with van der Waals surface area (Å²) in [5.41, 5.74) is 2.09. The average Bonchev–Trinajstić information content (AvgIpc) is 3.60. The number of ether oxygens (including phenoxy) is 1. The maximum Gasteiger partial charge on any atom is 0.151 e. The van der Waals surface area contributed by atoms with Crippen molar-refractivity contribution in [2.75, 3.05) is 6.26 Å². The van der Waals surface area contributed by atoms with Crippen molar-refractivity contribution < 1.29 is 13.2 Å². The molecule has 35 heavy (non-hydrogen) atoms. The van der Waals surface area contributed by atoms with Crippen LogP contribution >= 0.6 is 23.2 Å². The number of benzene rings is 2. The summed E-state index contributed by atoms with van der Waals surface area (Å²) in [6, 6.07) is 15.7. The summed E-state index contributed by atoms with van der Waals surface area (Å²) in [5, 5.41) is 0.814. The summed E-state index contributed by atoms with van der Waals surface area (Å²) in [5.74, 6) is 0.0667. The van der Waals surface area contributed by atoms with Crippen LogP contribution in [0.25, 0.3) is 0 Å². The molecule has 4 rings (SSSR count). The first-order valence-corrected chi connectivity index (χ1v) is 14.9. The van der Waals surface area contributed by atoms with Gasteiger partial charge in [-0.1, -0.05) is 67.4 Å². The van der Waals surface area contributed by atoms with Gasteiger partial charge in [-0.15, -0.1) is 6.58 Å². The number of allylic oxidation sites excluding steroid dienone is 1. The number of epoxide rings is 1. The third-order valence-electron chi connectivity index (χ3n) is 7.96. The van der Waals surface area contributed by atoms with E-state index in [1.807, 2.05) is 43.3 Å². The lowest BCUT2D eigenvalue weighted by Gasteiger charge is -2.43. The fraction of sp³-hybridized carbons (Fsp3) is 0.500. The Labute approximate surface area is 220 Å². The lowest BCUT2D eigenvalue weighted by molar-refractivity contribution is 0.0431. The molecule has 0 amide bonds. The molecule has 190 valence electrons. The second kappa shape index (κ2) is 10.2. The summed E-state index contributed by atoms with van der Waals surface area (Å²) in [7, 11) is -3.28. The van der Waals surface area contributed by atoms with Crippen molar-refractivity contribution in [3.63, 3.8) is 0 Å². The molecule has 2 aromatic carbocycles. The number of hydrogen-bond donors (Lipinski definition) is 0. The van der Waals surface area contributed by atoms with Crippen LogP contribution in [0.2, 0.25) is 10.0 Å². The molecule has 2 aromatic rings. The zero-order valence-electron chi connectivity index (χ0n) is 20.8. The third kappa shape index (κ3) is 5.35. The molecule has 2 saturated heterocycles. The van der Waals surface area contributed by atoms with Crippen LogP contribution in [0.4, 0.5) is 0 Å². The van der Waals surface area contributed by atoms with E-state index in [-0.39, 0.29) is 35.7 Å². The Morgan fingerprint density at radius 1 is 1.17 bits per heavy atom. The molecule has 2 aliphatic rings. The van der Waals surface area contributed by atoms with Crippen LogP contribution in [-0.2, 0) is 14.6 Å². The third-order valence-corrected chi connectivity index (χ3v) is 10.1. The normalized spacial score (nSPS) is 30.7. The van der Waals surface area contributed by atoms with E-state index >= 15 is 0 Å². The molecule has 7 atom stereocenters. The molecule has 2 fully saturated rings. The summed E-state index contributed by atoms with van der Waals surface area (Å²) in [6.07, 6.45) is 5.48. The zero-order chi connectivity index (χ0) is 25.5. The van der Waals surface area contributed by atoms with Gasteiger partial charge in [0.15, 0.2) is 9.84 Å². The van der Waals surface area contributed by atoms with Gasteiger partial charge in [0.25, 0.3) is 0 Å². The van der Waals surface area contributed by atoms with Gasteiger partial charge in [0.05, 0.1) is 5.25 Å². The number of sulfone groups is 1. The number of rotatable bonds is 8. The molecule has 0 radical (unpaired) electrons. The highest BCUT2D eigenvalue weighted by Gasteiger charge is 2.61. The van der Waals surface area contributed by atoms with Crippen molar-refractivity contribution in [2.24, 2.45) is 5.41 Å². The number of hydrogen-bond acceptors (Lipinski definition) is 4. The first-order chi connectivity index (χ1) is 16.5. The van der Waals surface area contributed by atoms with Crippen LogP contribution in [0, 0.1) is 5.41 Å².